The molecule has 13 heavy (non-hydrogen) atoms. The Balaban J connectivity index is 2.63. The molecule has 0 radical (unpaired) electrons. The number of hydrogen-bond acceptors (Lipinski definition) is 2. The van der Waals surface area contributed by atoms with Gasteiger partial charge in [0.1, 0.15) is 0 Å². The maximum Gasteiger partial charge on any atom is 0.181 e. The van der Waals surface area contributed by atoms with Crippen LogP contribution in [0.25, 0.3) is 5.52 Å². The van der Waals surface area contributed by atoms with Gasteiger partial charge in [-0.15, -0.1) is 0 Å². The van der Waals surface area contributed by atoms with Crippen LogP contribution >= 0.6 is 15.9 Å². The number of fused-ring (bicyclic) bond motifs is 1. The fraction of sp³-hybridized carbons (Fsp3) is 0.222. The number of hydrogen-bond donors (Lipinski definition) is 1. The van der Waals surface area contributed by atoms with Crippen LogP contribution in [0.3, 0.4) is 0 Å². The molecule has 0 aliphatic heterocycles. The lowest BCUT2D eigenvalue weighted by Gasteiger charge is -2.02. The fourth-order valence-corrected chi connectivity index (χ4v) is 1.80. The molecule has 0 amide bonds. The predicted molar refractivity (Wildman–Crippen MR) is 55.7 cm³/mol. The molecule has 2 heterocycles. The number of imidazole rings is 1. The van der Waals surface area contributed by atoms with Crippen LogP contribution in [0.4, 0.5) is 0 Å². The van der Waals surface area contributed by atoms with Gasteiger partial charge in [-0.3, -0.25) is 4.40 Å². The van der Waals surface area contributed by atoms with Crippen LogP contribution in [0.1, 0.15) is 5.56 Å². The second-order valence-corrected chi connectivity index (χ2v) is 3.56. The molecule has 0 fully saturated rings. The largest absolute Gasteiger partial charge is 0.316 e. The van der Waals surface area contributed by atoms with E-state index in [0.29, 0.717) is 0 Å². The van der Waals surface area contributed by atoms with Crippen LogP contribution in [0.5, 0.6) is 0 Å². The molecule has 1 N–H and O–H groups in total. The molecular weight excluding hydrogens is 230 g/mol. The monoisotopic (exact) mass is 239 g/mol. The van der Waals surface area contributed by atoms with Crippen LogP contribution in [0, 0.1) is 0 Å². The van der Waals surface area contributed by atoms with Gasteiger partial charge in [-0.05, 0) is 34.6 Å². The van der Waals surface area contributed by atoms with Crippen LogP contribution in [0.15, 0.2) is 29.3 Å². The maximum atomic E-state index is 4.19. The molecule has 2 rings (SSSR count). The standard InChI is InChI=1S/C9H10BrN3/c1-11-5-7-3-2-4-13-8(7)6-12-9(13)10/h2-4,6,11H,5H2,1H3. The van der Waals surface area contributed by atoms with E-state index >= 15 is 0 Å². The fourth-order valence-electron chi connectivity index (χ4n) is 1.39. The molecule has 3 nitrogen and oxygen atoms in total. The molecule has 2 aromatic rings. The lowest BCUT2D eigenvalue weighted by atomic mass is 10.2. The molecule has 0 aliphatic carbocycles. The predicted octanol–water partition coefficient (Wildman–Crippen LogP) is 1.82. The molecule has 68 valence electrons. The van der Waals surface area contributed by atoms with Crippen molar-refractivity contribution in [3.05, 3.63) is 34.8 Å². The average Bonchev–Trinajstić information content (AvgIpc) is 2.50. The van der Waals surface area contributed by atoms with E-state index in [1.165, 1.54) is 5.56 Å². The number of halogens is 1. The summed E-state index contributed by atoms with van der Waals surface area (Å²) >= 11 is 3.38. The molecule has 0 unspecified atom stereocenters. The van der Waals surface area contributed by atoms with Gasteiger partial charge in [0.25, 0.3) is 0 Å². The Bertz CT molecular complexity index is 422. The van der Waals surface area contributed by atoms with Crippen LogP contribution in [-0.2, 0) is 6.54 Å². The smallest absolute Gasteiger partial charge is 0.181 e. The molecule has 0 spiro atoms. The molecule has 0 atom stereocenters. The Labute approximate surface area is 84.9 Å². The highest BCUT2D eigenvalue weighted by Gasteiger charge is 2.03. The van der Waals surface area contributed by atoms with E-state index in [2.05, 4.69) is 32.3 Å². The van der Waals surface area contributed by atoms with Crippen LogP contribution < -0.4 is 5.32 Å². The summed E-state index contributed by atoms with van der Waals surface area (Å²) in [5.41, 5.74) is 2.40. The quantitative estimate of drug-likeness (QED) is 0.867. The summed E-state index contributed by atoms with van der Waals surface area (Å²) in [7, 11) is 1.94. The highest BCUT2D eigenvalue weighted by atomic mass is 79.9. The Morgan fingerprint density at radius 3 is 3.23 bits per heavy atom. The zero-order valence-corrected chi connectivity index (χ0v) is 8.87. The summed E-state index contributed by atoms with van der Waals surface area (Å²) in [6.07, 6.45) is 3.86. The van der Waals surface area contributed by atoms with Crippen molar-refractivity contribution < 1.29 is 0 Å². The third kappa shape index (κ3) is 1.47. The Morgan fingerprint density at radius 1 is 1.62 bits per heavy atom. The van der Waals surface area contributed by atoms with Crippen molar-refractivity contribution in [2.45, 2.75) is 6.54 Å². The normalized spacial score (nSPS) is 10.9. The van der Waals surface area contributed by atoms with E-state index in [1.54, 1.807) is 0 Å². The Kier molecular flexibility index (Phi) is 2.33. The zero-order chi connectivity index (χ0) is 9.26. The summed E-state index contributed by atoms with van der Waals surface area (Å²) in [4.78, 5) is 4.19. The van der Waals surface area contributed by atoms with Crippen molar-refractivity contribution in [3.8, 4) is 0 Å². The van der Waals surface area contributed by atoms with E-state index in [-0.39, 0.29) is 0 Å². The van der Waals surface area contributed by atoms with Gasteiger partial charge in [0, 0.05) is 12.7 Å². The van der Waals surface area contributed by atoms with Gasteiger partial charge >= 0.3 is 0 Å². The summed E-state index contributed by atoms with van der Waals surface area (Å²) in [6.45, 7) is 0.864. The summed E-state index contributed by atoms with van der Waals surface area (Å²) in [6, 6.07) is 4.12. The highest BCUT2D eigenvalue weighted by molar-refractivity contribution is 9.10. The van der Waals surface area contributed by atoms with Crippen LogP contribution in [0.2, 0.25) is 0 Å². The first-order chi connectivity index (χ1) is 6.33. The topological polar surface area (TPSA) is 29.3 Å². The average molecular weight is 240 g/mol. The second kappa shape index (κ2) is 3.47. The first-order valence-electron chi connectivity index (χ1n) is 4.08. The third-order valence-corrected chi connectivity index (χ3v) is 2.57. The van der Waals surface area contributed by atoms with E-state index in [1.807, 2.05) is 29.9 Å². The van der Waals surface area contributed by atoms with Gasteiger partial charge in [-0.25, -0.2) is 4.98 Å². The van der Waals surface area contributed by atoms with E-state index in [9.17, 15) is 0 Å². The van der Waals surface area contributed by atoms with Crippen molar-refractivity contribution in [3.63, 3.8) is 0 Å². The van der Waals surface area contributed by atoms with Gasteiger partial charge in [0.05, 0.1) is 11.7 Å². The van der Waals surface area contributed by atoms with E-state index < -0.39 is 0 Å². The van der Waals surface area contributed by atoms with Crippen molar-refractivity contribution in [1.82, 2.24) is 14.7 Å². The van der Waals surface area contributed by atoms with Crippen molar-refractivity contribution in [2.24, 2.45) is 0 Å². The number of pyridine rings is 1. The molecule has 0 saturated carbocycles. The minimum absolute atomic E-state index is 0.848. The molecule has 0 aromatic carbocycles. The summed E-state index contributed by atoms with van der Waals surface area (Å²) in [5.74, 6) is 0. The summed E-state index contributed by atoms with van der Waals surface area (Å²) in [5, 5.41) is 3.13. The molecular formula is C9H10BrN3. The zero-order valence-electron chi connectivity index (χ0n) is 7.29. The van der Waals surface area contributed by atoms with Gasteiger partial charge < -0.3 is 5.32 Å². The SMILES string of the molecule is CNCc1cccn2c(Br)ncc12. The first-order valence-corrected chi connectivity index (χ1v) is 4.87. The number of nitrogens with zero attached hydrogens (tertiary/aromatic N) is 2. The number of rotatable bonds is 2. The summed E-state index contributed by atoms with van der Waals surface area (Å²) < 4.78 is 2.87. The Hall–Kier alpha value is -0.870. The molecule has 4 heteroatoms. The first kappa shape index (κ1) is 8.72. The maximum absolute atomic E-state index is 4.19. The van der Waals surface area contributed by atoms with Crippen molar-refractivity contribution >= 4 is 21.4 Å². The number of aromatic nitrogens is 2. The van der Waals surface area contributed by atoms with Crippen molar-refractivity contribution in [1.29, 1.82) is 0 Å². The minimum atomic E-state index is 0.848. The van der Waals surface area contributed by atoms with Gasteiger partial charge in [-0.2, -0.15) is 0 Å². The van der Waals surface area contributed by atoms with Gasteiger partial charge in [0.15, 0.2) is 4.73 Å². The third-order valence-electron chi connectivity index (χ3n) is 1.98. The second-order valence-electron chi connectivity index (χ2n) is 2.85. The molecule has 0 aliphatic rings. The minimum Gasteiger partial charge on any atom is -0.316 e. The van der Waals surface area contributed by atoms with Gasteiger partial charge in [0.2, 0.25) is 0 Å². The van der Waals surface area contributed by atoms with Crippen molar-refractivity contribution in [2.75, 3.05) is 7.05 Å². The Morgan fingerprint density at radius 2 is 2.46 bits per heavy atom. The lowest BCUT2D eigenvalue weighted by molar-refractivity contribution is 0.818. The number of nitrogens with one attached hydrogen (secondary N) is 1. The van der Waals surface area contributed by atoms with E-state index in [0.717, 1.165) is 16.8 Å². The molecule has 0 bridgehead atoms. The highest BCUT2D eigenvalue weighted by Crippen LogP contribution is 2.15. The lowest BCUT2D eigenvalue weighted by Crippen LogP contribution is -2.06. The van der Waals surface area contributed by atoms with Gasteiger partial charge in [-0.1, -0.05) is 6.07 Å². The van der Waals surface area contributed by atoms with E-state index in [4.69, 9.17) is 0 Å². The molecule has 0 saturated heterocycles. The van der Waals surface area contributed by atoms with Crippen LogP contribution in [-0.4, -0.2) is 16.4 Å². The molecule has 2 aromatic heterocycles.